The summed E-state index contributed by atoms with van der Waals surface area (Å²) in [6.07, 6.45) is -8.82. The van der Waals surface area contributed by atoms with Crippen molar-refractivity contribution in [2.24, 2.45) is 0 Å². The van der Waals surface area contributed by atoms with E-state index in [1.807, 2.05) is 0 Å². The fourth-order valence-corrected chi connectivity index (χ4v) is 1.81. The second-order valence-corrected chi connectivity index (χ2v) is 4.01. The molecule has 1 aliphatic rings. The molecule has 3 unspecified atom stereocenters. The maximum atomic E-state index is 12.1. The lowest BCUT2D eigenvalue weighted by molar-refractivity contribution is -0.197. The molecule has 0 radical (unpaired) electrons. The SMILES string of the molecule is CO[PH](=O)C1OC(=O)OC1C(F)(F)F. The van der Waals surface area contributed by atoms with Gasteiger partial charge < -0.3 is 14.0 Å². The molecule has 0 saturated carbocycles. The molecule has 82 valence electrons. The van der Waals surface area contributed by atoms with Crippen LogP contribution in [0.25, 0.3) is 0 Å². The van der Waals surface area contributed by atoms with E-state index in [0.717, 1.165) is 7.11 Å². The van der Waals surface area contributed by atoms with Crippen LogP contribution in [0.3, 0.4) is 0 Å². The molecule has 5 nitrogen and oxygen atoms in total. The maximum Gasteiger partial charge on any atom is 0.510 e. The molecule has 1 aliphatic heterocycles. The van der Waals surface area contributed by atoms with E-state index < -0.39 is 32.3 Å². The first-order valence-electron chi connectivity index (χ1n) is 3.38. The van der Waals surface area contributed by atoms with Gasteiger partial charge in [-0.2, -0.15) is 13.2 Å². The largest absolute Gasteiger partial charge is 0.510 e. The van der Waals surface area contributed by atoms with Crippen molar-refractivity contribution in [1.82, 2.24) is 0 Å². The molecule has 0 aromatic carbocycles. The number of hydrogen-bond donors (Lipinski definition) is 0. The van der Waals surface area contributed by atoms with Crippen LogP contribution < -0.4 is 0 Å². The average molecular weight is 234 g/mol. The Kier molecular flexibility index (Phi) is 3.06. The smallest absolute Gasteiger partial charge is 0.417 e. The lowest BCUT2D eigenvalue weighted by Gasteiger charge is -2.16. The minimum absolute atomic E-state index is 0.959. The fraction of sp³-hybridized carbons (Fsp3) is 0.800. The molecule has 9 heteroatoms. The highest BCUT2D eigenvalue weighted by atomic mass is 31.1. The maximum absolute atomic E-state index is 12.1. The van der Waals surface area contributed by atoms with Gasteiger partial charge in [0.15, 0.2) is 0 Å². The van der Waals surface area contributed by atoms with Gasteiger partial charge >= 0.3 is 12.3 Å². The zero-order valence-electron chi connectivity index (χ0n) is 6.83. The molecule has 1 fully saturated rings. The summed E-state index contributed by atoms with van der Waals surface area (Å²) in [7, 11) is -2.15. The average Bonchev–Trinajstić information content (AvgIpc) is 2.45. The van der Waals surface area contributed by atoms with Gasteiger partial charge in [-0.25, -0.2) is 4.79 Å². The van der Waals surface area contributed by atoms with E-state index in [4.69, 9.17) is 0 Å². The van der Waals surface area contributed by atoms with Gasteiger partial charge in [-0.3, -0.25) is 4.57 Å². The molecular formula is C5H6F3O5P. The summed E-state index contributed by atoms with van der Waals surface area (Å²) in [5.74, 6) is -1.89. The Morgan fingerprint density at radius 3 is 2.43 bits per heavy atom. The topological polar surface area (TPSA) is 61.8 Å². The number of carbonyl (C=O) groups excluding carboxylic acids is 1. The van der Waals surface area contributed by atoms with Gasteiger partial charge in [-0.1, -0.05) is 0 Å². The van der Waals surface area contributed by atoms with E-state index >= 15 is 0 Å². The predicted octanol–water partition coefficient (Wildman–Crippen LogP) is 1.53. The van der Waals surface area contributed by atoms with Crippen LogP contribution in [-0.2, 0) is 18.6 Å². The highest BCUT2D eigenvalue weighted by Crippen LogP contribution is 2.42. The molecule has 1 saturated heterocycles. The molecule has 1 heterocycles. The minimum Gasteiger partial charge on any atom is -0.417 e. The van der Waals surface area contributed by atoms with Crippen LogP contribution in [0.4, 0.5) is 18.0 Å². The highest BCUT2D eigenvalue weighted by molar-refractivity contribution is 7.39. The van der Waals surface area contributed by atoms with Crippen molar-refractivity contribution in [3.8, 4) is 0 Å². The summed E-state index contributed by atoms with van der Waals surface area (Å²) in [6, 6.07) is 0. The molecule has 3 atom stereocenters. The second kappa shape index (κ2) is 3.78. The van der Waals surface area contributed by atoms with E-state index in [1.54, 1.807) is 0 Å². The lowest BCUT2D eigenvalue weighted by atomic mass is 10.4. The number of hydrogen-bond acceptors (Lipinski definition) is 5. The Labute approximate surface area is 77.0 Å². The van der Waals surface area contributed by atoms with Crippen molar-refractivity contribution in [2.75, 3.05) is 7.11 Å². The van der Waals surface area contributed by atoms with Crippen LogP contribution in [-0.4, -0.2) is 31.4 Å². The van der Waals surface area contributed by atoms with Gasteiger partial charge in [0.2, 0.25) is 20.0 Å². The van der Waals surface area contributed by atoms with E-state index in [2.05, 4.69) is 14.0 Å². The summed E-state index contributed by atoms with van der Waals surface area (Å²) in [5.41, 5.74) is 0. The quantitative estimate of drug-likeness (QED) is 0.535. The third-order valence-corrected chi connectivity index (χ3v) is 2.77. The van der Waals surface area contributed by atoms with E-state index in [9.17, 15) is 22.5 Å². The molecule has 0 N–H and O–H groups in total. The first-order valence-corrected chi connectivity index (χ1v) is 4.77. The number of rotatable bonds is 2. The van der Waals surface area contributed by atoms with E-state index in [1.165, 1.54) is 0 Å². The van der Waals surface area contributed by atoms with Gasteiger partial charge in [0.1, 0.15) is 0 Å². The zero-order chi connectivity index (χ0) is 10.9. The van der Waals surface area contributed by atoms with Crippen molar-refractivity contribution >= 4 is 14.2 Å². The Hall–Kier alpha value is -0.750. The van der Waals surface area contributed by atoms with Crippen LogP contribution in [0.1, 0.15) is 0 Å². The van der Waals surface area contributed by atoms with Gasteiger partial charge in [0.25, 0.3) is 0 Å². The van der Waals surface area contributed by atoms with Crippen molar-refractivity contribution < 1.29 is 36.5 Å². The van der Waals surface area contributed by atoms with Crippen LogP contribution in [0, 0.1) is 0 Å². The normalized spacial score (nSPS) is 29.6. The first kappa shape index (κ1) is 11.3. The Morgan fingerprint density at radius 1 is 1.43 bits per heavy atom. The molecule has 0 bridgehead atoms. The number of cyclic esters (lactones) is 2. The molecule has 1 rings (SSSR count). The van der Waals surface area contributed by atoms with Crippen LogP contribution in [0.5, 0.6) is 0 Å². The fourth-order valence-electron chi connectivity index (χ4n) is 0.885. The highest BCUT2D eigenvalue weighted by Gasteiger charge is 2.56. The van der Waals surface area contributed by atoms with E-state index in [-0.39, 0.29) is 0 Å². The molecule has 0 spiro atoms. The summed E-state index contributed by atoms with van der Waals surface area (Å²) < 4.78 is 59.5. The third kappa shape index (κ3) is 2.19. The third-order valence-electron chi connectivity index (χ3n) is 1.48. The molecule has 0 amide bonds. The van der Waals surface area contributed by atoms with Crippen molar-refractivity contribution in [3.63, 3.8) is 0 Å². The van der Waals surface area contributed by atoms with Gasteiger partial charge in [-0.15, -0.1) is 0 Å². The van der Waals surface area contributed by atoms with Crippen molar-refractivity contribution in [2.45, 2.75) is 18.1 Å². The molecule has 0 aromatic heterocycles. The molecule has 0 aliphatic carbocycles. The van der Waals surface area contributed by atoms with E-state index in [0.29, 0.717) is 0 Å². The van der Waals surface area contributed by atoms with Crippen LogP contribution in [0.2, 0.25) is 0 Å². The van der Waals surface area contributed by atoms with Crippen molar-refractivity contribution in [1.29, 1.82) is 0 Å². The lowest BCUT2D eigenvalue weighted by Crippen LogP contribution is -2.35. The summed E-state index contributed by atoms with van der Waals surface area (Å²) in [6.45, 7) is 0. The summed E-state index contributed by atoms with van der Waals surface area (Å²) >= 11 is 0. The van der Waals surface area contributed by atoms with Crippen LogP contribution in [0.15, 0.2) is 0 Å². The summed E-state index contributed by atoms with van der Waals surface area (Å²) in [4.78, 5) is 10.4. The number of ether oxygens (including phenoxy) is 2. The standard InChI is InChI=1S/C5H6F3O5P/c1-11-14(10)3-2(5(6,7)8)12-4(9)13-3/h2-3,14H,1H3. The monoisotopic (exact) mass is 234 g/mol. The number of halogens is 3. The number of carbonyl (C=O) groups is 1. The van der Waals surface area contributed by atoms with Crippen molar-refractivity contribution in [3.05, 3.63) is 0 Å². The summed E-state index contributed by atoms with van der Waals surface area (Å²) in [5, 5.41) is 0. The second-order valence-electron chi connectivity index (χ2n) is 2.39. The molecular weight excluding hydrogens is 228 g/mol. The van der Waals surface area contributed by atoms with Crippen LogP contribution >= 0.6 is 8.03 Å². The minimum atomic E-state index is -4.81. The Morgan fingerprint density at radius 2 is 2.00 bits per heavy atom. The zero-order valence-corrected chi connectivity index (χ0v) is 7.83. The van der Waals surface area contributed by atoms with Gasteiger partial charge in [0, 0.05) is 7.11 Å². The Bertz CT molecular complexity index is 265. The molecule has 14 heavy (non-hydrogen) atoms. The predicted molar refractivity (Wildman–Crippen MR) is 37.2 cm³/mol. The Balaban J connectivity index is 2.83. The van der Waals surface area contributed by atoms with Gasteiger partial charge in [-0.05, 0) is 0 Å². The van der Waals surface area contributed by atoms with Gasteiger partial charge in [0.05, 0.1) is 0 Å². The molecule has 0 aromatic rings. The first-order chi connectivity index (χ1) is 6.36. The number of alkyl halides is 3.